The van der Waals surface area contributed by atoms with Crippen LogP contribution in [0.4, 0.5) is 43.7 Å². The van der Waals surface area contributed by atoms with Crippen LogP contribution >= 0.6 is 0 Å². The molecule has 0 radical (unpaired) electrons. The van der Waals surface area contributed by atoms with Gasteiger partial charge in [0, 0.05) is 37.5 Å². The highest BCUT2D eigenvalue weighted by molar-refractivity contribution is 5.84. The van der Waals surface area contributed by atoms with E-state index in [1.807, 2.05) is 4.90 Å². The molecule has 6 rings (SSSR count). The molecule has 2 aliphatic heterocycles. The molecule has 1 unspecified atom stereocenters. The third kappa shape index (κ3) is 6.37. The maximum Gasteiger partial charge on any atom is 0.573 e. The lowest BCUT2D eigenvalue weighted by Crippen LogP contribution is -2.39. The number of nitrogens with one attached hydrogen (secondary N) is 2. The number of aryl methyl sites for hydroxylation is 1. The van der Waals surface area contributed by atoms with Crippen molar-refractivity contribution in [2.75, 3.05) is 28.8 Å². The lowest BCUT2D eigenvalue weighted by molar-refractivity contribution is -0.274. The van der Waals surface area contributed by atoms with Crippen LogP contribution in [0.1, 0.15) is 30.5 Å². The monoisotopic (exact) mass is 619 g/mol. The fourth-order valence-electron chi connectivity index (χ4n) is 5.18. The van der Waals surface area contributed by atoms with Crippen LogP contribution in [0, 0.1) is 0 Å². The van der Waals surface area contributed by atoms with Crippen molar-refractivity contribution >= 4 is 17.3 Å². The lowest BCUT2D eigenvalue weighted by atomic mass is 10.1. The van der Waals surface area contributed by atoms with Gasteiger partial charge in [0.2, 0.25) is 0 Å². The van der Waals surface area contributed by atoms with E-state index in [2.05, 4.69) is 25.3 Å². The molecular formula is C29H27F6N7O2. The molecule has 1 atom stereocenters. The summed E-state index contributed by atoms with van der Waals surface area (Å²) in [5.74, 6) is 0.954. The Bertz CT molecular complexity index is 1630. The number of imidazole rings is 1. The number of halogens is 6. The topological polar surface area (TPSA) is 89.4 Å². The van der Waals surface area contributed by atoms with Crippen LogP contribution in [0.2, 0.25) is 0 Å². The molecule has 2 N–H and O–H groups in total. The van der Waals surface area contributed by atoms with Crippen molar-refractivity contribution in [3.8, 4) is 28.5 Å². The zero-order valence-electron chi connectivity index (χ0n) is 23.3. The summed E-state index contributed by atoms with van der Waals surface area (Å²) < 4.78 is 89.4. The van der Waals surface area contributed by atoms with Crippen molar-refractivity contribution in [3.63, 3.8) is 0 Å². The van der Waals surface area contributed by atoms with Crippen LogP contribution in [0.15, 0.2) is 54.7 Å². The zero-order chi connectivity index (χ0) is 31.1. The Morgan fingerprint density at radius 3 is 2.48 bits per heavy atom. The first-order valence-corrected chi connectivity index (χ1v) is 13.8. The molecule has 0 amide bonds. The quantitative estimate of drug-likeness (QED) is 0.219. The normalized spacial score (nSPS) is 16.9. The molecule has 0 spiro atoms. The molecule has 4 aromatic rings. The molecule has 2 aromatic carbocycles. The highest BCUT2D eigenvalue weighted by atomic mass is 19.4. The predicted molar refractivity (Wildman–Crippen MR) is 150 cm³/mol. The van der Waals surface area contributed by atoms with Gasteiger partial charge in [-0.25, -0.2) is 15.0 Å². The maximum atomic E-state index is 13.1. The van der Waals surface area contributed by atoms with Gasteiger partial charge in [0.15, 0.2) is 23.2 Å². The van der Waals surface area contributed by atoms with Gasteiger partial charge in [-0.1, -0.05) is 36.4 Å². The molecule has 232 valence electrons. The van der Waals surface area contributed by atoms with Gasteiger partial charge >= 0.3 is 12.5 Å². The molecule has 1 fully saturated rings. The third-order valence-electron chi connectivity index (χ3n) is 7.26. The summed E-state index contributed by atoms with van der Waals surface area (Å²) in [4.78, 5) is 15.1. The van der Waals surface area contributed by atoms with E-state index in [1.54, 1.807) is 30.3 Å². The Hall–Kier alpha value is -4.53. The second-order valence-corrected chi connectivity index (χ2v) is 10.4. The number of anilines is 3. The van der Waals surface area contributed by atoms with Gasteiger partial charge in [-0.15, -0.1) is 13.2 Å². The van der Waals surface area contributed by atoms with Crippen molar-refractivity contribution in [1.82, 2.24) is 19.5 Å². The number of rotatable bonds is 7. The fraction of sp³-hybridized carbons (Fsp3) is 0.345. The maximum absolute atomic E-state index is 13.1. The van der Waals surface area contributed by atoms with E-state index in [-0.39, 0.29) is 24.4 Å². The van der Waals surface area contributed by atoms with E-state index in [0.29, 0.717) is 41.7 Å². The van der Waals surface area contributed by atoms with Gasteiger partial charge in [0.1, 0.15) is 23.5 Å². The SMILES string of the molecule is Cn1cc(C(F)(F)F)nc1-c1ccc(CNc2nc(-c3cccc(OC(F)(F)F)c3)nc3c2NCN3C2CCCCO2)cc1. The summed E-state index contributed by atoms with van der Waals surface area (Å²) in [7, 11) is 1.50. The molecule has 4 heterocycles. The van der Waals surface area contributed by atoms with Crippen LogP contribution in [0.5, 0.6) is 5.75 Å². The average molecular weight is 620 g/mol. The number of fused-ring (bicyclic) bond motifs is 1. The Morgan fingerprint density at radius 2 is 1.80 bits per heavy atom. The van der Waals surface area contributed by atoms with E-state index in [4.69, 9.17) is 9.72 Å². The van der Waals surface area contributed by atoms with Crippen LogP contribution < -0.4 is 20.3 Å². The molecule has 9 nitrogen and oxygen atoms in total. The van der Waals surface area contributed by atoms with Gasteiger partial charge in [0.05, 0.1) is 6.67 Å². The summed E-state index contributed by atoms with van der Waals surface area (Å²) in [6.07, 6.45) is -5.93. The first-order chi connectivity index (χ1) is 20.9. The summed E-state index contributed by atoms with van der Waals surface area (Å²) >= 11 is 0. The molecule has 2 aromatic heterocycles. The number of benzene rings is 2. The van der Waals surface area contributed by atoms with Crippen LogP contribution in [0.3, 0.4) is 0 Å². The Balaban J connectivity index is 1.28. The largest absolute Gasteiger partial charge is 0.573 e. The number of ether oxygens (including phenoxy) is 2. The molecule has 0 aliphatic carbocycles. The van der Waals surface area contributed by atoms with E-state index < -0.39 is 24.0 Å². The van der Waals surface area contributed by atoms with E-state index in [0.717, 1.165) is 31.0 Å². The molecule has 44 heavy (non-hydrogen) atoms. The predicted octanol–water partition coefficient (Wildman–Crippen LogP) is 6.79. The minimum Gasteiger partial charge on any atom is -0.406 e. The molecule has 0 bridgehead atoms. The Kier molecular flexibility index (Phi) is 7.73. The van der Waals surface area contributed by atoms with Crippen molar-refractivity contribution in [2.24, 2.45) is 7.05 Å². The summed E-state index contributed by atoms with van der Waals surface area (Å²) in [6, 6.07) is 12.3. The second kappa shape index (κ2) is 11.5. The van der Waals surface area contributed by atoms with Crippen LogP contribution in [0.25, 0.3) is 22.8 Å². The van der Waals surface area contributed by atoms with Crippen LogP contribution in [-0.2, 0) is 24.5 Å². The van der Waals surface area contributed by atoms with Crippen LogP contribution in [-0.4, -0.2) is 45.4 Å². The van der Waals surface area contributed by atoms with E-state index in [9.17, 15) is 26.3 Å². The number of hydrogen-bond acceptors (Lipinski definition) is 8. The minimum atomic E-state index is -4.85. The average Bonchev–Trinajstić information content (AvgIpc) is 3.60. The molecule has 15 heteroatoms. The first kappa shape index (κ1) is 29.5. The Morgan fingerprint density at radius 1 is 1.00 bits per heavy atom. The van der Waals surface area contributed by atoms with Crippen molar-refractivity contribution in [3.05, 3.63) is 66.0 Å². The summed E-state index contributed by atoms with van der Waals surface area (Å²) in [6.45, 7) is 1.31. The number of nitrogens with zero attached hydrogens (tertiary/aromatic N) is 5. The summed E-state index contributed by atoms with van der Waals surface area (Å²) in [5.41, 5.74) is 1.30. The standard InChI is InChI=1S/C29H27F6N7O2/c1-41-15-21(28(30,31)32)38-26(41)18-10-8-17(9-11-18)14-36-25-23-27(42(16-37-23)22-7-2-3-12-43-22)40-24(39-25)19-5-4-6-20(13-19)44-29(33,34)35/h4-6,8-11,13,15,22,37H,2-3,7,12,14,16H2,1H3,(H,36,39,40). The number of hydrogen-bond donors (Lipinski definition) is 2. The summed E-state index contributed by atoms with van der Waals surface area (Å²) in [5, 5.41) is 6.59. The highest BCUT2D eigenvalue weighted by Crippen LogP contribution is 2.40. The van der Waals surface area contributed by atoms with Gasteiger partial charge in [0.25, 0.3) is 0 Å². The minimum absolute atomic E-state index is 0.182. The van der Waals surface area contributed by atoms with Gasteiger partial charge in [-0.3, -0.25) is 0 Å². The number of aromatic nitrogens is 4. The van der Waals surface area contributed by atoms with Crippen molar-refractivity contribution < 1.29 is 35.8 Å². The highest BCUT2D eigenvalue weighted by Gasteiger charge is 2.35. The third-order valence-corrected chi connectivity index (χ3v) is 7.26. The molecule has 1 saturated heterocycles. The molecular weight excluding hydrogens is 592 g/mol. The fourth-order valence-corrected chi connectivity index (χ4v) is 5.18. The van der Waals surface area contributed by atoms with Gasteiger partial charge in [-0.05, 0) is 37.0 Å². The van der Waals surface area contributed by atoms with Crippen molar-refractivity contribution in [1.29, 1.82) is 0 Å². The Labute approximate surface area is 247 Å². The zero-order valence-corrected chi connectivity index (χ0v) is 23.3. The second-order valence-electron chi connectivity index (χ2n) is 10.4. The number of alkyl halides is 6. The molecule has 0 saturated carbocycles. The van der Waals surface area contributed by atoms with Gasteiger partial charge in [-0.2, -0.15) is 13.2 Å². The molecule has 2 aliphatic rings. The first-order valence-electron chi connectivity index (χ1n) is 13.8. The van der Waals surface area contributed by atoms with E-state index in [1.165, 1.54) is 29.8 Å². The smallest absolute Gasteiger partial charge is 0.406 e. The van der Waals surface area contributed by atoms with Crippen molar-refractivity contribution in [2.45, 2.75) is 44.6 Å². The van der Waals surface area contributed by atoms with E-state index >= 15 is 0 Å². The van der Waals surface area contributed by atoms with Gasteiger partial charge < -0.3 is 29.6 Å². The lowest BCUT2D eigenvalue weighted by Gasteiger charge is -2.31.